The molecule has 0 fully saturated rings. The minimum atomic E-state index is 0.129. The zero-order valence-corrected chi connectivity index (χ0v) is 22.1. The summed E-state index contributed by atoms with van der Waals surface area (Å²) in [6, 6.07) is 35.4. The van der Waals surface area contributed by atoms with Crippen molar-refractivity contribution in [1.82, 2.24) is 9.55 Å². The summed E-state index contributed by atoms with van der Waals surface area (Å²) in [5.41, 5.74) is 11.8. The summed E-state index contributed by atoms with van der Waals surface area (Å²) in [6.07, 6.45) is 0. The maximum atomic E-state index is 6.37. The highest BCUT2D eigenvalue weighted by atomic mass is 35.5. The fourth-order valence-corrected chi connectivity index (χ4v) is 6.88. The molecule has 2 nitrogen and oxygen atoms in total. The molecule has 1 aliphatic heterocycles. The first-order chi connectivity index (χ1) is 18.0. The normalized spacial score (nSPS) is 19.1. The smallest absolute Gasteiger partial charge is 0.0819 e. The van der Waals surface area contributed by atoms with Crippen molar-refractivity contribution < 1.29 is 0 Å². The van der Waals surface area contributed by atoms with Crippen molar-refractivity contribution >= 4 is 33.4 Å². The lowest BCUT2D eigenvalue weighted by Gasteiger charge is -2.27. The van der Waals surface area contributed by atoms with Crippen molar-refractivity contribution in [2.45, 2.75) is 38.6 Å². The monoisotopic (exact) mass is 500 g/mol. The maximum absolute atomic E-state index is 6.37. The van der Waals surface area contributed by atoms with E-state index in [0.29, 0.717) is 0 Å². The van der Waals surface area contributed by atoms with Gasteiger partial charge in [0, 0.05) is 50.1 Å². The molecule has 3 atom stereocenters. The Kier molecular flexibility index (Phi) is 5.09. The van der Waals surface area contributed by atoms with Crippen LogP contribution in [0.4, 0.5) is 0 Å². The fourth-order valence-electron chi connectivity index (χ4n) is 6.75. The molecule has 0 amide bonds. The molecule has 1 aliphatic rings. The molecule has 0 spiro atoms. The molecule has 37 heavy (non-hydrogen) atoms. The van der Waals surface area contributed by atoms with Crippen LogP contribution < -0.4 is 0 Å². The van der Waals surface area contributed by atoms with Gasteiger partial charge in [-0.15, -0.1) is 0 Å². The molecule has 4 aromatic carbocycles. The highest BCUT2D eigenvalue weighted by Gasteiger charge is 2.46. The second-order valence-corrected chi connectivity index (χ2v) is 11.0. The van der Waals surface area contributed by atoms with E-state index in [1.165, 1.54) is 61.0 Å². The Morgan fingerprint density at radius 1 is 0.676 bits per heavy atom. The lowest BCUT2D eigenvalue weighted by atomic mass is 9.76. The van der Waals surface area contributed by atoms with E-state index in [1.54, 1.807) is 0 Å². The average molecular weight is 501 g/mol. The Balaban J connectivity index is 1.59. The molecule has 0 bridgehead atoms. The van der Waals surface area contributed by atoms with Gasteiger partial charge in [-0.05, 0) is 67.3 Å². The van der Waals surface area contributed by atoms with E-state index in [9.17, 15) is 0 Å². The molecule has 0 radical (unpaired) electrons. The number of nitrogens with one attached hydrogen (secondary N) is 1. The molecule has 2 aromatic heterocycles. The molecule has 0 aliphatic carbocycles. The Labute approximate surface area is 222 Å². The van der Waals surface area contributed by atoms with Gasteiger partial charge in [0.25, 0.3) is 0 Å². The van der Waals surface area contributed by atoms with Crippen LogP contribution in [0.1, 0.15) is 57.1 Å². The lowest BCUT2D eigenvalue weighted by molar-refractivity contribution is 0.520. The minimum Gasteiger partial charge on any atom is -0.356 e. The molecule has 6 aromatic rings. The molecular formula is C34H29ClN2. The van der Waals surface area contributed by atoms with E-state index in [1.807, 2.05) is 12.1 Å². The van der Waals surface area contributed by atoms with Gasteiger partial charge < -0.3 is 9.55 Å². The third kappa shape index (κ3) is 3.32. The van der Waals surface area contributed by atoms with Gasteiger partial charge in [-0.1, -0.05) is 90.0 Å². The van der Waals surface area contributed by atoms with Crippen LogP contribution in [0.5, 0.6) is 0 Å². The van der Waals surface area contributed by atoms with Crippen LogP contribution in [0.25, 0.3) is 21.8 Å². The molecule has 7 rings (SSSR count). The van der Waals surface area contributed by atoms with E-state index >= 15 is 0 Å². The minimum absolute atomic E-state index is 0.129. The summed E-state index contributed by atoms with van der Waals surface area (Å²) in [4.78, 5) is 3.87. The number of nitrogens with zero attached hydrogens (tertiary/aromatic N) is 1. The van der Waals surface area contributed by atoms with Crippen LogP contribution in [0.3, 0.4) is 0 Å². The summed E-state index contributed by atoms with van der Waals surface area (Å²) >= 11 is 6.37. The molecule has 182 valence electrons. The topological polar surface area (TPSA) is 20.7 Å². The number of benzene rings is 4. The SMILES string of the molecule is Cc1ccc([C@@H]2[C@@H](c3ccc(Cl)cc3)c3c(C)c4ccccc4n3[C@H]2c2[nH]c3ccccc3c2C)cc1. The van der Waals surface area contributed by atoms with Crippen LogP contribution in [0, 0.1) is 20.8 Å². The Bertz CT molecular complexity index is 1770. The third-order valence-electron chi connectivity index (χ3n) is 8.47. The lowest BCUT2D eigenvalue weighted by Crippen LogP contribution is -2.17. The van der Waals surface area contributed by atoms with Gasteiger partial charge in [0.05, 0.1) is 6.04 Å². The number of aromatic amines is 1. The van der Waals surface area contributed by atoms with Gasteiger partial charge in [-0.25, -0.2) is 0 Å². The van der Waals surface area contributed by atoms with Crippen molar-refractivity contribution in [2.24, 2.45) is 0 Å². The van der Waals surface area contributed by atoms with Gasteiger partial charge in [0.2, 0.25) is 0 Å². The predicted octanol–water partition coefficient (Wildman–Crippen LogP) is 9.22. The largest absolute Gasteiger partial charge is 0.356 e. The first-order valence-electron chi connectivity index (χ1n) is 13.0. The fraction of sp³-hybridized carbons (Fsp3) is 0.176. The van der Waals surface area contributed by atoms with Crippen molar-refractivity contribution in [1.29, 1.82) is 0 Å². The Morgan fingerprint density at radius 3 is 2.05 bits per heavy atom. The van der Waals surface area contributed by atoms with Gasteiger partial charge in [0.1, 0.15) is 0 Å². The number of H-pyrrole nitrogens is 1. The van der Waals surface area contributed by atoms with E-state index in [4.69, 9.17) is 11.6 Å². The highest BCUT2D eigenvalue weighted by Crippen LogP contribution is 2.57. The van der Waals surface area contributed by atoms with Crippen molar-refractivity contribution in [3.8, 4) is 0 Å². The van der Waals surface area contributed by atoms with Gasteiger partial charge in [0.15, 0.2) is 0 Å². The molecule has 1 N–H and O–H groups in total. The Hall–Kier alpha value is -3.75. The number of aromatic nitrogens is 2. The van der Waals surface area contributed by atoms with E-state index in [0.717, 1.165) is 5.02 Å². The van der Waals surface area contributed by atoms with Crippen molar-refractivity contribution in [2.75, 3.05) is 0 Å². The molecule has 0 saturated heterocycles. The van der Waals surface area contributed by atoms with E-state index in [-0.39, 0.29) is 17.9 Å². The number of fused-ring (bicyclic) bond motifs is 4. The van der Waals surface area contributed by atoms with E-state index in [2.05, 4.69) is 115 Å². The zero-order chi connectivity index (χ0) is 25.3. The summed E-state index contributed by atoms with van der Waals surface area (Å²) in [5, 5.41) is 3.40. The summed E-state index contributed by atoms with van der Waals surface area (Å²) in [7, 11) is 0. The number of aryl methyl sites for hydroxylation is 3. The van der Waals surface area contributed by atoms with Gasteiger partial charge in [-0.2, -0.15) is 0 Å². The molecule has 3 heteroatoms. The van der Waals surface area contributed by atoms with Crippen molar-refractivity contribution in [3.05, 3.63) is 141 Å². The average Bonchev–Trinajstić information content (AvgIpc) is 3.53. The molecular weight excluding hydrogens is 472 g/mol. The van der Waals surface area contributed by atoms with Crippen LogP contribution in [-0.4, -0.2) is 9.55 Å². The van der Waals surface area contributed by atoms with Crippen LogP contribution in [0.15, 0.2) is 97.1 Å². The number of hydrogen-bond donors (Lipinski definition) is 1. The number of rotatable bonds is 3. The van der Waals surface area contributed by atoms with Gasteiger partial charge in [-0.3, -0.25) is 0 Å². The number of halogens is 1. The summed E-state index contributed by atoms with van der Waals surface area (Å²) < 4.78 is 2.63. The standard InChI is InChI=1S/C34H29ClN2/c1-20-12-14-23(15-13-20)31-30(24-16-18-25(35)19-17-24)33-22(3)27-9-5-7-11-29(27)37(33)34(31)32-21(2)26-8-4-6-10-28(26)36-32/h4-19,30-31,34,36H,1-3H3/t30-,31-,34-/m1/s1. The van der Waals surface area contributed by atoms with E-state index < -0.39 is 0 Å². The summed E-state index contributed by atoms with van der Waals surface area (Å²) in [5.74, 6) is 0.426. The zero-order valence-electron chi connectivity index (χ0n) is 21.3. The second-order valence-electron chi connectivity index (χ2n) is 10.5. The predicted molar refractivity (Wildman–Crippen MR) is 155 cm³/mol. The highest BCUT2D eigenvalue weighted by molar-refractivity contribution is 6.30. The third-order valence-corrected chi connectivity index (χ3v) is 8.73. The number of para-hydroxylation sites is 2. The van der Waals surface area contributed by atoms with Crippen LogP contribution in [0.2, 0.25) is 5.02 Å². The first kappa shape index (κ1) is 22.4. The number of hydrogen-bond acceptors (Lipinski definition) is 0. The first-order valence-corrected chi connectivity index (χ1v) is 13.4. The van der Waals surface area contributed by atoms with Crippen LogP contribution in [-0.2, 0) is 0 Å². The van der Waals surface area contributed by atoms with Crippen LogP contribution >= 0.6 is 11.6 Å². The second kappa shape index (κ2) is 8.39. The summed E-state index contributed by atoms with van der Waals surface area (Å²) in [6.45, 7) is 6.73. The van der Waals surface area contributed by atoms with Crippen molar-refractivity contribution in [3.63, 3.8) is 0 Å². The molecule has 3 heterocycles. The maximum Gasteiger partial charge on any atom is 0.0819 e. The quantitative estimate of drug-likeness (QED) is 0.250. The van der Waals surface area contributed by atoms with Gasteiger partial charge >= 0.3 is 0 Å². The Morgan fingerprint density at radius 2 is 1.32 bits per heavy atom. The molecule has 0 unspecified atom stereocenters. The molecule has 0 saturated carbocycles.